The van der Waals surface area contributed by atoms with Crippen LogP contribution in [-0.2, 0) is 4.74 Å². The van der Waals surface area contributed by atoms with Crippen molar-refractivity contribution in [1.82, 2.24) is 14.9 Å². The van der Waals surface area contributed by atoms with Crippen molar-refractivity contribution in [2.75, 3.05) is 48.1 Å². The van der Waals surface area contributed by atoms with Gasteiger partial charge in [-0.05, 0) is 27.0 Å². The van der Waals surface area contributed by atoms with E-state index in [0.717, 1.165) is 23.9 Å². The van der Waals surface area contributed by atoms with E-state index in [9.17, 15) is 9.59 Å². The lowest BCUT2D eigenvalue weighted by molar-refractivity contribution is 0.0240. The second-order valence-corrected chi connectivity index (χ2v) is 9.43. The molecule has 0 spiro atoms. The number of ether oxygens (including phenoxy) is 1. The van der Waals surface area contributed by atoms with Gasteiger partial charge in [-0.3, -0.25) is 4.79 Å². The minimum Gasteiger partial charge on any atom is -0.444 e. The number of piperazine rings is 1. The number of nitrogens with zero attached hydrogens (tertiary/aromatic N) is 4. The molecule has 0 aliphatic carbocycles. The molecule has 14 heteroatoms. The zero-order chi connectivity index (χ0) is 25.9. The highest BCUT2D eigenvalue weighted by molar-refractivity contribution is 7.98. The van der Waals surface area contributed by atoms with E-state index in [0.29, 0.717) is 26.2 Å². The number of hydrogen-bond acceptors (Lipinski definition) is 10. The van der Waals surface area contributed by atoms with Gasteiger partial charge in [0.25, 0.3) is 5.91 Å². The van der Waals surface area contributed by atoms with Gasteiger partial charge >= 0.3 is 6.09 Å². The molecule has 11 nitrogen and oxygen atoms in total. The Balaban J connectivity index is 1.81. The van der Waals surface area contributed by atoms with Crippen LogP contribution in [0.1, 0.15) is 31.1 Å². The molecule has 6 N–H and O–H groups in total. The predicted octanol–water partition coefficient (Wildman–Crippen LogP) is 2.66. The fourth-order valence-corrected chi connectivity index (χ4v) is 3.78. The standard InChI is InChI=1S/C21H28F2N8O3S/c1-21(2,3)34-20(33)31-7-5-30(6-8-31)14-10-11(22)13(9-12(14)23)26-17-15(16(24)32)18(29-25)28-19(27-17)35-4/h9-10H,5-8,25H2,1-4H3,(H2,24,32)(H2,26,27,28,29). The highest BCUT2D eigenvalue weighted by Crippen LogP contribution is 2.31. The molecule has 1 aliphatic rings. The van der Waals surface area contributed by atoms with E-state index < -0.39 is 29.2 Å². The molecule has 0 bridgehead atoms. The number of hydrazine groups is 1. The summed E-state index contributed by atoms with van der Waals surface area (Å²) >= 11 is 1.16. The fraction of sp³-hybridized carbons (Fsp3) is 0.429. The lowest BCUT2D eigenvalue weighted by Crippen LogP contribution is -2.50. The molecule has 2 heterocycles. The van der Waals surface area contributed by atoms with E-state index in [-0.39, 0.29) is 33.7 Å². The number of rotatable bonds is 6. The molecule has 190 valence electrons. The average molecular weight is 511 g/mol. The zero-order valence-electron chi connectivity index (χ0n) is 19.8. The summed E-state index contributed by atoms with van der Waals surface area (Å²) in [5.41, 5.74) is 6.65. The van der Waals surface area contributed by atoms with Crippen LogP contribution in [0.2, 0.25) is 0 Å². The van der Waals surface area contributed by atoms with Gasteiger partial charge < -0.3 is 31.0 Å². The van der Waals surface area contributed by atoms with E-state index in [4.69, 9.17) is 16.3 Å². The van der Waals surface area contributed by atoms with Crippen molar-refractivity contribution in [1.29, 1.82) is 0 Å². The van der Waals surface area contributed by atoms with Crippen LogP contribution in [0.15, 0.2) is 17.3 Å². The SMILES string of the molecule is CSc1nc(NN)c(C(N)=O)c(Nc2cc(F)c(N3CCN(C(=O)OC(C)(C)C)CC3)cc2F)n1. The molecule has 0 atom stereocenters. The number of carbonyl (C=O) groups is 2. The number of thioether (sulfide) groups is 1. The number of aromatic nitrogens is 2. The van der Waals surface area contributed by atoms with Gasteiger partial charge in [0.2, 0.25) is 0 Å². The third kappa shape index (κ3) is 6.19. The van der Waals surface area contributed by atoms with E-state index >= 15 is 8.78 Å². The van der Waals surface area contributed by atoms with Gasteiger partial charge in [-0.15, -0.1) is 0 Å². The van der Waals surface area contributed by atoms with Gasteiger partial charge in [0.05, 0.1) is 11.4 Å². The molecule has 2 aromatic rings. The van der Waals surface area contributed by atoms with Crippen molar-refractivity contribution in [2.24, 2.45) is 11.6 Å². The molecule has 0 unspecified atom stereocenters. The zero-order valence-corrected chi connectivity index (χ0v) is 20.6. The van der Waals surface area contributed by atoms with Gasteiger partial charge in [-0.2, -0.15) is 0 Å². The summed E-state index contributed by atoms with van der Waals surface area (Å²) in [5.74, 6) is 2.87. The quantitative estimate of drug-likeness (QED) is 0.197. The van der Waals surface area contributed by atoms with Gasteiger partial charge in [0.1, 0.15) is 28.6 Å². The Morgan fingerprint density at radius 2 is 1.71 bits per heavy atom. The highest BCUT2D eigenvalue weighted by atomic mass is 32.2. The Kier molecular flexibility index (Phi) is 7.85. The molecular formula is C21H28F2N8O3S. The van der Waals surface area contributed by atoms with E-state index in [1.165, 1.54) is 4.90 Å². The molecule has 1 aromatic heterocycles. The number of nitrogens with one attached hydrogen (secondary N) is 2. The number of anilines is 4. The predicted molar refractivity (Wildman–Crippen MR) is 130 cm³/mol. The molecule has 1 aliphatic heterocycles. The minimum atomic E-state index is -0.909. The van der Waals surface area contributed by atoms with Crippen LogP contribution in [0.25, 0.3) is 0 Å². The third-order valence-electron chi connectivity index (χ3n) is 5.02. The molecule has 1 fully saturated rings. The smallest absolute Gasteiger partial charge is 0.410 e. The molecule has 0 saturated carbocycles. The Hall–Kier alpha value is -3.39. The van der Waals surface area contributed by atoms with E-state index in [1.807, 2.05) is 0 Å². The summed E-state index contributed by atoms with van der Waals surface area (Å²) in [4.78, 5) is 35.6. The van der Waals surface area contributed by atoms with Crippen molar-refractivity contribution in [3.05, 3.63) is 29.3 Å². The number of carbonyl (C=O) groups excluding carboxylic acids is 2. The van der Waals surface area contributed by atoms with Gasteiger partial charge in [-0.25, -0.2) is 29.4 Å². The summed E-state index contributed by atoms with van der Waals surface area (Å²) in [6.07, 6.45) is 1.25. The second kappa shape index (κ2) is 10.5. The van der Waals surface area contributed by atoms with Gasteiger partial charge in [0, 0.05) is 38.3 Å². The maximum absolute atomic E-state index is 15.0. The van der Waals surface area contributed by atoms with Crippen LogP contribution >= 0.6 is 11.8 Å². The Bertz CT molecular complexity index is 1120. The van der Waals surface area contributed by atoms with Crippen molar-refractivity contribution >= 4 is 46.8 Å². The Labute approximate surface area is 205 Å². The lowest BCUT2D eigenvalue weighted by atomic mass is 10.2. The molecule has 2 amide bonds. The first-order valence-corrected chi connectivity index (χ1v) is 11.9. The average Bonchev–Trinajstić information content (AvgIpc) is 2.79. The third-order valence-corrected chi connectivity index (χ3v) is 5.56. The molecule has 3 rings (SSSR count). The van der Waals surface area contributed by atoms with Crippen LogP contribution in [0, 0.1) is 11.6 Å². The van der Waals surface area contributed by atoms with Crippen molar-refractivity contribution in [3.63, 3.8) is 0 Å². The summed E-state index contributed by atoms with van der Waals surface area (Å²) < 4.78 is 35.4. The number of amides is 2. The van der Waals surface area contributed by atoms with Crippen LogP contribution in [0.5, 0.6) is 0 Å². The summed E-state index contributed by atoms with van der Waals surface area (Å²) in [7, 11) is 0. The molecule has 1 saturated heterocycles. The molecule has 0 radical (unpaired) electrons. The summed E-state index contributed by atoms with van der Waals surface area (Å²) in [6.45, 7) is 6.51. The molecule has 1 aromatic carbocycles. The van der Waals surface area contributed by atoms with Crippen molar-refractivity contribution in [3.8, 4) is 0 Å². The summed E-state index contributed by atoms with van der Waals surface area (Å²) in [6, 6.07) is 2.01. The summed E-state index contributed by atoms with van der Waals surface area (Å²) in [5, 5.41) is 2.85. The van der Waals surface area contributed by atoms with Crippen molar-refractivity contribution < 1.29 is 23.1 Å². The first-order chi connectivity index (χ1) is 16.4. The van der Waals surface area contributed by atoms with Crippen LogP contribution < -0.4 is 27.2 Å². The number of nitrogen functional groups attached to an aromatic ring is 1. The van der Waals surface area contributed by atoms with Crippen molar-refractivity contribution in [2.45, 2.75) is 31.5 Å². The van der Waals surface area contributed by atoms with Gasteiger partial charge in [0.15, 0.2) is 11.0 Å². The molecule has 35 heavy (non-hydrogen) atoms. The largest absolute Gasteiger partial charge is 0.444 e. The topological polar surface area (TPSA) is 152 Å². The monoisotopic (exact) mass is 510 g/mol. The maximum Gasteiger partial charge on any atom is 0.410 e. The second-order valence-electron chi connectivity index (χ2n) is 8.65. The van der Waals surface area contributed by atoms with E-state index in [2.05, 4.69) is 20.7 Å². The van der Waals surface area contributed by atoms with E-state index in [1.54, 1.807) is 31.9 Å². The Morgan fingerprint density at radius 1 is 1.09 bits per heavy atom. The highest BCUT2D eigenvalue weighted by Gasteiger charge is 2.28. The van der Waals surface area contributed by atoms with Crippen LogP contribution in [0.4, 0.5) is 36.6 Å². The lowest BCUT2D eigenvalue weighted by Gasteiger charge is -2.36. The van der Waals surface area contributed by atoms with Crippen LogP contribution in [0.3, 0.4) is 0 Å². The number of hydrogen-bond donors (Lipinski definition) is 4. The minimum absolute atomic E-state index is 0.0452. The first-order valence-electron chi connectivity index (χ1n) is 10.6. The normalized spacial score (nSPS) is 14.0. The number of primary amides is 1. The number of nitrogens with two attached hydrogens (primary N) is 2. The first kappa shape index (κ1) is 26.2. The van der Waals surface area contributed by atoms with Gasteiger partial charge in [-0.1, -0.05) is 11.8 Å². The van der Waals surface area contributed by atoms with Crippen LogP contribution in [-0.4, -0.2) is 64.9 Å². The molecular weight excluding hydrogens is 482 g/mol. The number of benzene rings is 1. The Morgan fingerprint density at radius 3 is 2.26 bits per heavy atom. The number of halogens is 2. The maximum atomic E-state index is 15.0. The fourth-order valence-electron chi connectivity index (χ4n) is 3.42.